The molecule has 0 saturated carbocycles. The Hall–Kier alpha value is -3.74. The van der Waals surface area contributed by atoms with E-state index in [1.807, 2.05) is 12.4 Å². The fraction of sp³-hybridized carbons (Fsp3) is 0.389. The van der Waals surface area contributed by atoms with Gasteiger partial charge in [-0.15, -0.1) is 0 Å². The standard InChI is InChI=1S/C36H46N6/c1-5-8-25(4)20-37-23-35-39-21-33(41-35)27-12-10-26(11-13-27)28-14-15-30-19-31(17-16-29(30)18-28)34-22-40-36(42-34)24-38-32(7-3)9-6-2/h10-19,21-22,25,32,37-38H,5-9,20,23-24H2,1-4H3,(H,39,41)(H,40,42)/t25-,32-/m1/s1. The van der Waals surface area contributed by atoms with Crippen LogP contribution in [0.25, 0.3) is 44.4 Å². The monoisotopic (exact) mass is 562 g/mol. The van der Waals surface area contributed by atoms with E-state index in [0.717, 1.165) is 60.2 Å². The number of rotatable bonds is 15. The highest BCUT2D eigenvalue weighted by atomic mass is 15.0. The van der Waals surface area contributed by atoms with Gasteiger partial charge in [0.05, 0.1) is 36.9 Å². The average Bonchev–Trinajstić information content (AvgIpc) is 3.69. The summed E-state index contributed by atoms with van der Waals surface area (Å²) in [4.78, 5) is 16.2. The van der Waals surface area contributed by atoms with E-state index in [2.05, 4.69) is 119 Å². The van der Waals surface area contributed by atoms with Crippen LogP contribution in [0.15, 0.2) is 73.1 Å². The lowest BCUT2D eigenvalue weighted by molar-refractivity contribution is 0.457. The minimum absolute atomic E-state index is 0.546. The van der Waals surface area contributed by atoms with Crippen molar-refractivity contribution >= 4 is 10.8 Å². The third kappa shape index (κ3) is 7.55. The second kappa shape index (κ2) is 14.4. The van der Waals surface area contributed by atoms with Gasteiger partial charge in [0.2, 0.25) is 0 Å². The molecule has 0 unspecified atom stereocenters. The first-order valence-corrected chi connectivity index (χ1v) is 15.7. The lowest BCUT2D eigenvalue weighted by Gasteiger charge is -2.14. The molecule has 0 spiro atoms. The molecule has 0 aliphatic carbocycles. The fourth-order valence-corrected chi connectivity index (χ4v) is 5.70. The smallest absolute Gasteiger partial charge is 0.120 e. The molecule has 2 atom stereocenters. The maximum atomic E-state index is 4.62. The summed E-state index contributed by atoms with van der Waals surface area (Å²) in [5, 5.41) is 9.60. The number of hydrogen-bond donors (Lipinski definition) is 4. The van der Waals surface area contributed by atoms with E-state index in [1.165, 1.54) is 47.6 Å². The fourth-order valence-electron chi connectivity index (χ4n) is 5.70. The third-order valence-corrected chi connectivity index (χ3v) is 8.19. The molecule has 220 valence electrons. The van der Waals surface area contributed by atoms with E-state index < -0.39 is 0 Å². The van der Waals surface area contributed by atoms with Crippen molar-refractivity contribution in [1.29, 1.82) is 0 Å². The van der Waals surface area contributed by atoms with Gasteiger partial charge in [-0.25, -0.2) is 9.97 Å². The minimum atomic E-state index is 0.546. The summed E-state index contributed by atoms with van der Waals surface area (Å²) < 4.78 is 0. The largest absolute Gasteiger partial charge is 0.341 e. The third-order valence-electron chi connectivity index (χ3n) is 8.19. The maximum Gasteiger partial charge on any atom is 0.120 e. The van der Waals surface area contributed by atoms with Crippen LogP contribution < -0.4 is 10.6 Å². The molecule has 2 heterocycles. The Labute approximate surface area is 250 Å². The summed E-state index contributed by atoms with van der Waals surface area (Å²) in [7, 11) is 0. The molecule has 5 aromatic rings. The van der Waals surface area contributed by atoms with E-state index in [-0.39, 0.29) is 0 Å². The highest BCUT2D eigenvalue weighted by Crippen LogP contribution is 2.29. The Morgan fingerprint density at radius 1 is 0.667 bits per heavy atom. The molecule has 0 saturated heterocycles. The molecule has 42 heavy (non-hydrogen) atoms. The van der Waals surface area contributed by atoms with Gasteiger partial charge in [0, 0.05) is 11.6 Å². The van der Waals surface area contributed by atoms with Crippen molar-refractivity contribution in [2.45, 2.75) is 78.9 Å². The van der Waals surface area contributed by atoms with Crippen LogP contribution in [0.5, 0.6) is 0 Å². The predicted octanol–water partition coefficient (Wildman–Crippen LogP) is 8.48. The lowest BCUT2D eigenvalue weighted by atomic mass is 9.98. The summed E-state index contributed by atoms with van der Waals surface area (Å²) in [5.74, 6) is 2.65. The summed E-state index contributed by atoms with van der Waals surface area (Å²) in [6.45, 7) is 11.6. The number of aromatic amines is 2. The van der Waals surface area contributed by atoms with Crippen LogP contribution in [0.1, 0.15) is 71.4 Å². The number of benzene rings is 3. The molecule has 4 N–H and O–H groups in total. The zero-order valence-electron chi connectivity index (χ0n) is 25.6. The molecule has 0 radical (unpaired) electrons. The molecule has 6 nitrogen and oxygen atoms in total. The summed E-state index contributed by atoms with van der Waals surface area (Å²) >= 11 is 0. The molecule has 2 aromatic heterocycles. The van der Waals surface area contributed by atoms with Gasteiger partial charge in [-0.2, -0.15) is 0 Å². The highest BCUT2D eigenvalue weighted by molar-refractivity contribution is 5.90. The summed E-state index contributed by atoms with van der Waals surface area (Å²) in [5.41, 5.74) is 6.83. The zero-order valence-corrected chi connectivity index (χ0v) is 25.6. The van der Waals surface area contributed by atoms with Crippen molar-refractivity contribution in [3.63, 3.8) is 0 Å². The van der Waals surface area contributed by atoms with Crippen LogP contribution in [-0.2, 0) is 13.1 Å². The predicted molar refractivity (Wildman–Crippen MR) is 176 cm³/mol. The Balaban J connectivity index is 1.22. The van der Waals surface area contributed by atoms with E-state index >= 15 is 0 Å². The first-order chi connectivity index (χ1) is 20.6. The molecule has 5 rings (SSSR count). The average molecular weight is 563 g/mol. The molecule has 0 aliphatic rings. The number of H-pyrrole nitrogens is 2. The van der Waals surface area contributed by atoms with Gasteiger partial charge in [-0.1, -0.05) is 89.1 Å². The number of imidazole rings is 2. The van der Waals surface area contributed by atoms with Crippen molar-refractivity contribution in [1.82, 2.24) is 30.6 Å². The van der Waals surface area contributed by atoms with Crippen molar-refractivity contribution in [3.05, 3.63) is 84.7 Å². The van der Waals surface area contributed by atoms with Crippen LogP contribution >= 0.6 is 0 Å². The molecule has 6 heteroatoms. The van der Waals surface area contributed by atoms with Gasteiger partial charge in [-0.05, 0) is 71.3 Å². The van der Waals surface area contributed by atoms with E-state index in [4.69, 9.17) is 0 Å². The van der Waals surface area contributed by atoms with Crippen molar-refractivity contribution in [2.75, 3.05) is 6.54 Å². The van der Waals surface area contributed by atoms with Crippen LogP contribution in [-0.4, -0.2) is 32.5 Å². The first kappa shape index (κ1) is 29.7. The number of nitrogens with zero attached hydrogens (tertiary/aromatic N) is 2. The zero-order chi connectivity index (χ0) is 29.3. The molecule has 3 aromatic carbocycles. The van der Waals surface area contributed by atoms with Crippen molar-refractivity contribution < 1.29 is 0 Å². The number of fused-ring (bicyclic) bond motifs is 1. The molecule has 0 bridgehead atoms. The maximum absolute atomic E-state index is 4.62. The molecule has 0 amide bonds. The summed E-state index contributed by atoms with van der Waals surface area (Å²) in [6, 6.07) is 22.6. The lowest BCUT2D eigenvalue weighted by Crippen LogP contribution is -2.28. The van der Waals surface area contributed by atoms with Gasteiger partial charge in [0.25, 0.3) is 0 Å². The van der Waals surface area contributed by atoms with E-state index in [0.29, 0.717) is 12.0 Å². The SMILES string of the molecule is CCC[C@@H](C)CNCc1ncc(-c2ccc(-c3ccc4cc(-c5cnc(CN[C@H](CC)CCC)[nH]5)ccc4c3)cc2)[nH]1. The molecular weight excluding hydrogens is 516 g/mol. The van der Waals surface area contributed by atoms with Crippen LogP contribution in [0.3, 0.4) is 0 Å². The van der Waals surface area contributed by atoms with Crippen LogP contribution in [0, 0.1) is 5.92 Å². The van der Waals surface area contributed by atoms with Gasteiger partial charge >= 0.3 is 0 Å². The van der Waals surface area contributed by atoms with Gasteiger partial charge in [0.1, 0.15) is 11.6 Å². The second-order valence-electron chi connectivity index (χ2n) is 11.6. The van der Waals surface area contributed by atoms with Crippen molar-refractivity contribution in [2.24, 2.45) is 5.92 Å². The second-order valence-corrected chi connectivity index (χ2v) is 11.6. The normalized spacial score (nSPS) is 13.0. The highest BCUT2D eigenvalue weighted by Gasteiger charge is 2.10. The Bertz CT molecular complexity index is 1550. The van der Waals surface area contributed by atoms with E-state index in [9.17, 15) is 0 Å². The number of aromatic nitrogens is 4. The Morgan fingerprint density at radius 3 is 1.90 bits per heavy atom. The Morgan fingerprint density at radius 2 is 1.24 bits per heavy atom. The van der Waals surface area contributed by atoms with Crippen molar-refractivity contribution in [3.8, 4) is 33.6 Å². The van der Waals surface area contributed by atoms with Crippen LogP contribution in [0.2, 0.25) is 0 Å². The minimum Gasteiger partial charge on any atom is -0.341 e. The molecule has 0 aliphatic heterocycles. The number of hydrogen-bond acceptors (Lipinski definition) is 4. The Kier molecular flexibility index (Phi) is 10.2. The van der Waals surface area contributed by atoms with E-state index in [1.54, 1.807) is 0 Å². The van der Waals surface area contributed by atoms with Gasteiger partial charge in [-0.3, -0.25) is 0 Å². The topological polar surface area (TPSA) is 81.4 Å². The van der Waals surface area contributed by atoms with Gasteiger partial charge in [0.15, 0.2) is 0 Å². The first-order valence-electron chi connectivity index (χ1n) is 15.7. The van der Waals surface area contributed by atoms with Crippen LogP contribution in [0.4, 0.5) is 0 Å². The van der Waals surface area contributed by atoms with Gasteiger partial charge < -0.3 is 20.6 Å². The quantitative estimate of drug-likeness (QED) is 0.103. The molecule has 0 fully saturated rings. The molecular formula is C36H46N6. The summed E-state index contributed by atoms with van der Waals surface area (Å²) in [6.07, 6.45) is 9.90. The number of nitrogens with one attached hydrogen (secondary N) is 4.